The number of hydrogen-bond donors (Lipinski definition) is 0. The smallest absolute Gasteiger partial charge is 0.141 e. The lowest BCUT2D eigenvalue weighted by molar-refractivity contribution is 0.131. The summed E-state index contributed by atoms with van der Waals surface area (Å²) < 4.78 is 17.3. The number of para-hydroxylation sites is 1. The van der Waals surface area contributed by atoms with E-state index < -0.39 is 0 Å². The van der Waals surface area contributed by atoms with Crippen molar-refractivity contribution >= 4 is 21.8 Å². The lowest BCUT2D eigenvalue weighted by Crippen LogP contribution is -2.23. The predicted octanol–water partition coefficient (Wildman–Crippen LogP) is 13.4. The second kappa shape index (κ2) is 16.2. The highest BCUT2D eigenvalue weighted by Gasteiger charge is 2.22. The largest absolute Gasteiger partial charge is 0.488 e. The van der Waals surface area contributed by atoms with Crippen molar-refractivity contribution in [3.05, 3.63) is 125 Å². The van der Waals surface area contributed by atoms with Crippen molar-refractivity contribution in [1.82, 2.24) is 19.3 Å². The SMILES string of the molecule is CCCCCCCc1c(-c2cc(C)c(C)c(C)c2)c(CCC)nn1-c1cccc(Oc2ccc3c4ccccc4n(-c4cc(OC(C)(C)C)ccn4)c3c2)c1. The lowest BCUT2D eigenvalue weighted by Gasteiger charge is -2.21. The number of benzene rings is 4. The van der Waals surface area contributed by atoms with Crippen LogP contribution in [0.15, 0.2) is 97.2 Å². The van der Waals surface area contributed by atoms with Crippen LogP contribution in [0.2, 0.25) is 0 Å². The number of fused-ring (bicyclic) bond motifs is 3. The van der Waals surface area contributed by atoms with Gasteiger partial charge in [-0.1, -0.05) is 82.3 Å². The third-order valence-electron chi connectivity index (χ3n) is 10.6. The lowest BCUT2D eigenvalue weighted by atomic mass is 9.93. The molecular formula is C49H56N4O2. The summed E-state index contributed by atoms with van der Waals surface area (Å²) in [5.41, 5.74) is 11.8. The molecule has 0 aliphatic carbocycles. The highest BCUT2D eigenvalue weighted by molar-refractivity contribution is 6.09. The number of pyridine rings is 1. The van der Waals surface area contributed by atoms with Crippen LogP contribution in [0.25, 0.3) is 44.4 Å². The van der Waals surface area contributed by atoms with E-state index in [-0.39, 0.29) is 5.60 Å². The summed E-state index contributed by atoms with van der Waals surface area (Å²) in [6.45, 7) is 17.4. The minimum absolute atomic E-state index is 0.321. The quantitative estimate of drug-likeness (QED) is 0.104. The first-order valence-electron chi connectivity index (χ1n) is 20.2. The van der Waals surface area contributed by atoms with Gasteiger partial charge < -0.3 is 9.47 Å². The van der Waals surface area contributed by atoms with E-state index in [2.05, 4.69) is 137 Å². The molecule has 3 aromatic heterocycles. The van der Waals surface area contributed by atoms with E-state index in [1.54, 1.807) is 0 Å². The average Bonchev–Trinajstić information content (AvgIpc) is 3.68. The first kappa shape index (κ1) is 37.9. The Kier molecular flexibility index (Phi) is 11.1. The molecule has 3 heterocycles. The summed E-state index contributed by atoms with van der Waals surface area (Å²) in [5.74, 6) is 3.10. The van der Waals surface area contributed by atoms with Gasteiger partial charge in [-0.3, -0.25) is 4.57 Å². The zero-order valence-electron chi connectivity index (χ0n) is 34.0. The van der Waals surface area contributed by atoms with E-state index in [0.717, 1.165) is 76.2 Å². The van der Waals surface area contributed by atoms with E-state index in [9.17, 15) is 0 Å². The molecule has 0 aliphatic heterocycles. The third kappa shape index (κ3) is 8.19. The van der Waals surface area contributed by atoms with Gasteiger partial charge in [-0.25, -0.2) is 9.67 Å². The Labute approximate surface area is 327 Å². The van der Waals surface area contributed by atoms with Crippen LogP contribution in [-0.4, -0.2) is 24.9 Å². The maximum atomic E-state index is 6.70. The van der Waals surface area contributed by atoms with Crippen molar-refractivity contribution in [3.63, 3.8) is 0 Å². The van der Waals surface area contributed by atoms with E-state index in [1.165, 1.54) is 64.9 Å². The van der Waals surface area contributed by atoms with Crippen LogP contribution in [0.3, 0.4) is 0 Å². The molecule has 7 rings (SSSR count). The molecule has 4 aromatic carbocycles. The molecule has 0 fully saturated rings. The molecule has 6 heteroatoms. The molecular weight excluding hydrogens is 677 g/mol. The van der Waals surface area contributed by atoms with Crippen molar-refractivity contribution in [2.45, 2.75) is 112 Å². The highest BCUT2D eigenvalue weighted by Crippen LogP contribution is 2.38. The van der Waals surface area contributed by atoms with Crippen molar-refractivity contribution in [2.24, 2.45) is 0 Å². The molecule has 0 saturated heterocycles. The maximum Gasteiger partial charge on any atom is 0.141 e. The molecule has 0 N–H and O–H groups in total. The molecule has 0 saturated carbocycles. The standard InChI is InChI=1S/C49H56N4O2/c1-9-11-12-13-14-23-45-48(36-28-33(3)35(5)34(4)29-36)43(18-10-2)51-53(45)37-19-17-20-38(30-37)54-39-24-25-42-41-21-15-16-22-44(41)52(46(42)31-39)47-32-40(26-27-50-47)55-49(6,7)8/h15-17,19-22,24-32H,9-14,18,23H2,1-8H3. The number of nitrogens with zero attached hydrogens (tertiary/aromatic N) is 4. The minimum atomic E-state index is -0.321. The number of rotatable bonds is 14. The second-order valence-electron chi connectivity index (χ2n) is 16.0. The zero-order chi connectivity index (χ0) is 38.7. The number of aryl methyl sites for hydroxylation is 3. The molecule has 55 heavy (non-hydrogen) atoms. The van der Waals surface area contributed by atoms with E-state index in [4.69, 9.17) is 19.6 Å². The number of unbranched alkanes of at least 4 members (excludes halogenated alkanes) is 4. The Balaban J connectivity index is 1.28. The second-order valence-corrected chi connectivity index (χ2v) is 16.0. The molecule has 0 bridgehead atoms. The molecule has 6 nitrogen and oxygen atoms in total. The van der Waals surface area contributed by atoms with E-state index in [0.29, 0.717) is 0 Å². The fourth-order valence-corrected chi connectivity index (χ4v) is 7.78. The van der Waals surface area contributed by atoms with Crippen LogP contribution >= 0.6 is 0 Å². The van der Waals surface area contributed by atoms with Gasteiger partial charge in [-0.2, -0.15) is 5.10 Å². The van der Waals surface area contributed by atoms with Crippen LogP contribution in [0, 0.1) is 20.8 Å². The molecule has 7 aromatic rings. The van der Waals surface area contributed by atoms with Crippen LogP contribution in [0.5, 0.6) is 17.2 Å². The molecule has 0 atom stereocenters. The first-order chi connectivity index (χ1) is 26.5. The molecule has 0 spiro atoms. The molecule has 284 valence electrons. The Bertz CT molecular complexity index is 2420. The van der Waals surface area contributed by atoms with Crippen molar-refractivity contribution in [3.8, 4) is 39.9 Å². The Morgan fingerprint density at radius 1 is 0.655 bits per heavy atom. The van der Waals surface area contributed by atoms with Crippen LogP contribution in [0.1, 0.15) is 101 Å². The number of hydrogen-bond acceptors (Lipinski definition) is 4. The maximum absolute atomic E-state index is 6.70. The van der Waals surface area contributed by atoms with Gasteiger partial charge in [0.25, 0.3) is 0 Å². The van der Waals surface area contributed by atoms with Gasteiger partial charge in [0, 0.05) is 40.7 Å². The first-order valence-corrected chi connectivity index (χ1v) is 20.2. The topological polar surface area (TPSA) is 54.1 Å². The summed E-state index contributed by atoms with van der Waals surface area (Å²) in [4.78, 5) is 4.81. The summed E-state index contributed by atoms with van der Waals surface area (Å²) in [6, 6.07) is 31.9. The van der Waals surface area contributed by atoms with Crippen molar-refractivity contribution in [1.29, 1.82) is 0 Å². The fraction of sp³-hybridized carbons (Fsp3) is 0.347. The highest BCUT2D eigenvalue weighted by atomic mass is 16.5. The van der Waals surface area contributed by atoms with Gasteiger partial charge in [-0.05, 0) is 119 Å². The molecule has 0 aliphatic rings. The van der Waals surface area contributed by atoms with Gasteiger partial charge in [-0.15, -0.1) is 0 Å². The summed E-state index contributed by atoms with van der Waals surface area (Å²) in [5, 5.41) is 7.67. The van der Waals surface area contributed by atoms with E-state index >= 15 is 0 Å². The van der Waals surface area contributed by atoms with Crippen molar-refractivity contribution < 1.29 is 9.47 Å². The third-order valence-corrected chi connectivity index (χ3v) is 10.6. The summed E-state index contributed by atoms with van der Waals surface area (Å²) in [6.07, 6.45) is 10.9. The average molecular weight is 733 g/mol. The van der Waals surface area contributed by atoms with Crippen molar-refractivity contribution in [2.75, 3.05) is 0 Å². The van der Waals surface area contributed by atoms with Gasteiger partial charge in [0.05, 0.1) is 28.1 Å². The Morgan fingerprint density at radius 3 is 2.16 bits per heavy atom. The molecule has 0 radical (unpaired) electrons. The van der Waals surface area contributed by atoms with Gasteiger partial charge >= 0.3 is 0 Å². The number of ether oxygens (including phenoxy) is 2. The molecule has 0 unspecified atom stereocenters. The predicted molar refractivity (Wildman–Crippen MR) is 229 cm³/mol. The Hall–Kier alpha value is -5.36. The van der Waals surface area contributed by atoms with Gasteiger partial charge in [0.2, 0.25) is 0 Å². The summed E-state index contributed by atoms with van der Waals surface area (Å²) >= 11 is 0. The van der Waals surface area contributed by atoms with E-state index in [1.807, 2.05) is 24.4 Å². The number of aromatic nitrogens is 4. The van der Waals surface area contributed by atoms with Crippen LogP contribution in [0.4, 0.5) is 0 Å². The van der Waals surface area contributed by atoms with Crippen LogP contribution in [-0.2, 0) is 12.8 Å². The zero-order valence-corrected chi connectivity index (χ0v) is 34.0. The minimum Gasteiger partial charge on any atom is -0.488 e. The fourth-order valence-electron chi connectivity index (χ4n) is 7.78. The monoisotopic (exact) mass is 732 g/mol. The van der Waals surface area contributed by atoms with Gasteiger partial charge in [0.15, 0.2) is 0 Å². The van der Waals surface area contributed by atoms with Crippen LogP contribution < -0.4 is 9.47 Å². The normalized spacial score (nSPS) is 11.9. The van der Waals surface area contributed by atoms with Gasteiger partial charge in [0.1, 0.15) is 28.7 Å². The Morgan fingerprint density at radius 2 is 1.40 bits per heavy atom. The molecule has 0 amide bonds. The summed E-state index contributed by atoms with van der Waals surface area (Å²) in [7, 11) is 0.